The maximum atomic E-state index is 12.8. The smallest absolute Gasteiger partial charge is 0.298 e. The van der Waals surface area contributed by atoms with Gasteiger partial charge in [-0.05, 0) is 24.1 Å². The lowest BCUT2D eigenvalue weighted by Crippen LogP contribution is -2.11. The highest BCUT2D eigenvalue weighted by atomic mass is 79.9. The first-order valence-electron chi connectivity index (χ1n) is 4.68. The van der Waals surface area contributed by atoms with Crippen LogP contribution in [0.4, 0.5) is 13.2 Å². The molecular weight excluding hydrogens is 365 g/mol. The van der Waals surface area contributed by atoms with Crippen molar-refractivity contribution >= 4 is 37.6 Å². The molecule has 1 aromatic rings. The van der Waals surface area contributed by atoms with Crippen LogP contribution in [-0.2, 0) is 16.3 Å². The molecule has 0 radical (unpaired) electrons. The van der Waals surface area contributed by atoms with Crippen LogP contribution in [0.5, 0.6) is 0 Å². The number of carbonyl (C=O) groups is 1. The number of hydrogen-bond donors (Lipinski definition) is 0. The fourth-order valence-corrected chi connectivity index (χ4v) is 2.14. The van der Waals surface area contributed by atoms with E-state index in [-0.39, 0.29) is 16.7 Å². The van der Waals surface area contributed by atoms with E-state index in [9.17, 15) is 18.0 Å². The van der Waals surface area contributed by atoms with Gasteiger partial charge in [0.15, 0.2) is 0 Å². The van der Waals surface area contributed by atoms with Gasteiger partial charge in [-0.1, -0.05) is 44.0 Å². The monoisotopic (exact) mass is 372 g/mol. The molecule has 1 nitrogen and oxygen atoms in total. The highest BCUT2D eigenvalue weighted by Crippen LogP contribution is 2.36. The Hall–Kier alpha value is -0.360. The van der Waals surface area contributed by atoms with Gasteiger partial charge < -0.3 is 0 Å². The molecule has 0 bridgehead atoms. The summed E-state index contributed by atoms with van der Waals surface area (Å²) in [7, 11) is 0. The first kappa shape index (κ1) is 14.7. The van der Waals surface area contributed by atoms with Gasteiger partial charge in [-0.2, -0.15) is 13.2 Å². The van der Waals surface area contributed by atoms with Crippen LogP contribution in [0.3, 0.4) is 0 Å². The van der Waals surface area contributed by atoms with Crippen LogP contribution in [-0.4, -0.2) is 5.78 Å². The summed E-state index contributed by atoms with van der Waals surface area (Å²) in [5.74, 6) is -0.232. The zero-order chi connectivity index (χ0) is 13.2. The minimum absolute atomic E-state index is 0.120. The number of halogens is 5. The summed E-state index contributed by atoms with van der Waals surface area (Å²) < 4.78 is 38.3. The molecule has 0 spiro atoms. The average Bonchev–Trinajstić information content (AvgIpc) is 2.25. The van der Waals surface area contributed by atoms with Gasteiger partial charge in [-0.15, -0.1) is 0 Å². The maximum absolute atomic E-state index is 12.8. The zero-order valence-electron chi connectivity index (χ0n) is 8.81. The van der Waals surface area contributed by atoms with Crippen molar-refractivity contribution < 1.29 is 18.0 Å². The van der Waals surface area contributed by atoms with E-state index in [1.807, 2.05) is 0 Å². The van der Waals surface area contributed by atoms with Crippen LogP contribution in [0.2, 0.25) is 0 Å². The predicted molar refractivity (Wildman–Crippen MR) is 66.4 cm³/mol. The number of Topliss-reactive ketones (excluding diaryl/α,β-unsaturated/α-hetero) is 1. The Labute approximate surface area is 114 Å². The SMILES string of the molecule is CC(=O)C(Br)c1ccc(CBr)c(C(F)(F)F)c1. The second-order valence-electron chi connectivity index (χ2n) is 3.52. The molecule has 0 saturated heterocycles. The van der Waals surface area contributed by atoms with Crippen molar-refractivity contribution in [1.82, 2.24) is 0 Å². The van der Waals surface area contributed by atoms with Crippen molar-refractivity contribution in [2.75, 3.05) is 0 Å². The molecule has 0 aliphatic heterocycles. The van der Waals surface area contributed by atoms with Crippen molar-refractivity contribution in [3.63, 3.8) is 0 Å². The summed E-state index contributed by atoms with van der Waals surface area (Å²) in [6.07, 6.45) is -4.41. The van der Waals surface area contributed by atoms with E-state index in [1.54, 1.807) is 0 Å². The van der Waals surface area contributed by atoms with Gasteiger partial charge in [0, 0.05) is 5.33 Å². The molecule has 1 aromatic carbocycles. The second kappa shape index (κ2) is 5.52. The third kappa shape index (κ3) is 3.55. The highest BCUT2D eigenvalue weighted by molar-refractivity contribution is 9.09. The molecule has 0 aromatic heterocycles. The fourth-order valence-electron chi connectivity index (χ4n) is 1.37. The number of ketones is 1. The van der Waals surface area contributed by atoms with Crippen LogP contribution < -0.4 is 0 Å². The van der Waals surface area contributed by atoms with Gasteiger partial charge in [-0.25, -0.2) is 0 Å². The van der Waals surface area contributed by atoms with Gasteiger partial charge in [0.2, 0.25) is 0 Å². The quantitative estimate of drug-likeness (QED) is 0.706. The van der Waals surface area contributed by atoms with Crippen molar-refractivity contribution in [1.29, 1.82) is 0 Å². The summed E-state index contributed by atoms with van der Waals surface area (Å²) in [5.41, 5.74) is -0.239. The van der Waals surface area contributed by atoms with Crippen LogP contribution in [0.15, 0.2) is 18.2 Å². The molecule has 0 saturated carbocycles. The number of benzene rings is 1. The van der Waals surface area contributed by atoms with E-state index < -0.39 is 16.6 Å². The Balaban J connectivity index is 3.27. The standard InChI is InChI=1S/C11H9Br2F3O/c1-6(17)10(13)7-2-3-8(5-12)9(4-7)11(14,15)16/h2-4,10H,5H2,1H3. The van der Waals surface area contributed by atoms with Crippen LogP contribution in [0.25, 0.3) is 0 Å². The first-order chi connectivity index (χ1) is 7.77. The molecule has 1 unspecified atom stereocenters. The normalized spacial score (nSPS) is 13.5. The molecule has 94 valence electrons. The largest absolute Gasteiger partial charge is 0.416 e. The van der Waals surface area contributed by atoms with Crippen molar-refractivity contribution in [2.24, 2.45) is 0 Å². The first-order valence-corrected chi connectivity index (χ1v) is 6.71. The van der Waals surface area contributed by atoms with Gasteiger partial charge >= 0.3 is 6.18 Å². The van der Waals surface area contributed by atoms with Crippen LogP contribution >= 0.6 is 31.9 Å². The molecule has 6 heteroatoms. The molecule has 17 heavy (non-hydrogen) atoms. The van der Waals surface area contributed by atoms with E-state index in [1.165, 1.54) is 19.1 Å². The van der Waals surface area contributed by atoms with E-state index in [0.29, 0.717) is 5.56 Å². The number of hydrogen-bond acceptors (Lipinski definition) is 1. The third-order valence-corrected chi connectivity index (χ3v) is 4.01. The van der Waals surface area contributed by atoms with E-state index in [2.05, 4.69) is 31.9 Å². The summed E-state index contributed by atoms with van der Waals surface area (Å²) >= 11 is 6.08. The molecule has 0 N–H and O–H groups in total. The van der Waals surface area contributed by atoms with Gasteiger partial charge in [0.25, 0.3) is 0 Å². The van der Waals surface area contributed by atoms with E-state index in [0.717, 1.165) is 6.07 Å². The lowest BCUT2D eigenvalue weighted by Gasteiger charge is -2.14. The Bertz CT molecular complexity index is 429. The van der Waals surface area contributed by atoms with Gasteiger partial charge in [-0.3, -0.25) is 4.79 Å². The summed E-state index contributed by atoms with van der Waals surface area (Å²) in [5, 5.41) is 0.120. The molecule has 0 aliphatic carbocycles. The lowest BCUT2D eigenvalue weighted by atomic mass is 10.0. The summed E-state index contributed by atoms with van der Waals surface area (Å²) in [6.45, 7) is 1.32. The van der Waals surface area contributed by atoms with Crippen molar-refractivity contribution in [3.8, 4) is 0 Å². The van der Waals surface area contributed by atoms with Gasteiger partial charge in [0.05, 0.1) is 10.4 Å². The Kier molecular flexibility index (Phi) is 4.77. The number of rotatable bonds is 3. The minimum atomic E-state index is -4.41. The van der Waals surface area contributed by atoms with Crippen LogP contribution in [0, 0.1) is 0 Å². The minimum Gasteiger partial charge on any atom is -0.298 e. The maximum Gasteiger partial charge on any atom is 0.416 e. The van der Waals surface area contributed by atoms with Gasteiger partial charge in [0.1, 0.15) is 5.78 Å². The number of carbonyl (C=O) groups excluding carboxylic acids is 1. The molecule has 0 aliphatic rings. The molecule has 1 rings (SSSR count). The fraction of sp³-hybridized carbons (Fsp3) is 0.364. The van der Waals surface area contributed by atoms with Crippen molar-refractivity contribution in [3.05, 3.63) is 34.9 Å². The topological polar surface area (TPSA) is 17.1 Å². The Morgan fingerprint density at radius 2 is 2.00 bits per heavy atom. The number of alkyl halides is 5. The molecule has 0 amide bonds. The average molecular weight is 374 g/mol. The molecule has 0 heterocycles. The summed E-state index contributed by atoms with van der Waals surface area (Å²) in [6, 6.07) is 3.91. The van der Waals surface area contributed by atoms with E-state index in [4.69, 9.17) is 0 Å². The van der Waals surface area contributed by atoms with E-state index >= 15 is 0 Å². The highest BCUT2D eigenvalue weighted by Gasteiger charge is 2.33. The lowest BCUT2D eigenvalue weighted by molar-refractivity contribution is -0.138. The molecule has 1 atom stereocenters. The second-order valence-corrected chi connectivity index (χ2v) is 5.00. The van der Waals surface area contributed by atoms with Crippen LogP contribution in [0.1, 0.15) is 28.4 Å². The zero-order valence-corrected chi connectivity index (χ0v) is 12.0. The summed E-state index contributed by atoms with van der Waals surface area (Å²) in [4.78, 5) is 10.4. The van der Waals surface area contributed by atoms with Crippen molar-refractivity contribution in [2.45, 2.75) is 23.3 Å². The molecular formula is C11H9Br2F3O. The Morgan fingerprint density at radius 3 is 2.41 bits per heavy atom. The molecule has 0 fully saturated rings. The predicted octanol–water partition coefficient (Wildman–Crippen LogP) is 4.63. The Morgan fingerprint density at radius 1 is 1.41 bits per heavy atom. The third-order valence-electron chi connectivity index (χ3n) is 2.23.